The van der Waals surface area contributed by atoms with E-state index in [-0.39, 0.29) is 42.1 Å². The maximum atomic E-state index is 12.1. The van der Waals surface area contributed by atoms with E-state index in [1.807, 2.05) is 27.7 Å². The number of rotatable bonds is 10. The molecule has 0 aromatic rings. The van der Waals surface area contributed by atoms with Crippen molar-refractivity contribution in [3.63, 3.8) is 0 Å². The third-order valence-corrected chi connectivity index (χ3v) is 4.05. The summed E-state index contributed by atoms with van der Waals surface area (Å²) < 4.78 is 16.5. The zero-order valence-corrected chi connectivity index (χ0v) is 21.3. The van der Waals surface area contributed by atoms with Crippen molar-refractivity contribution in [3.8, 4) is 0 Å². The van der Waals surface area contributed by atoms with Gasteiger partial charge in [0, 0.05) is 46.4 Å². The van der Waals surface area contributed by atoms with Gasteiger partial charge in [-0.2, -0.15) is 0 Å². The molecule has 1 saturated heterocycles. The Kier molecular flexibility index (Phi) is 14.6. The Morgan fingerprint density at radius 3 is 2.66 bits per heavy atom. The van der Waals surface area contributed by atoms with Gasteiger partial charge < -0.3 is 29.7 Å². The number of hydrogen-bond acceptors (Lipinski definition) is 5. The molecule has 0 radical (unpaired) electrons. The van der Waals surface area contributed by atoms with Crippen LogP contribution in [0.3, 0.4) is 0 Å². The molecule has 1 aliphatic heterocycles. The standard InChI is InChI=1S/C20H40N4O4.HI/c1-7-21-18(22-10-8-11-27-17-9-12-26-15-17)23-13-16(2)14-24(6)19(25)28-20(3,4)5;/h16-17H,7-15H2,1-6H3,(H2,21,22,23);1H. The number of nitrogens with zero attached hydrogens (tertiary/aromatic N) is 2. The fourth-order valence-corrected chi connectivity index (χ4v) is 2.70. The summed E-state index contributed by atoms with van der Waals surface area (Å²) in [5.41, 5.74) is -0.483. The molecule has 2 N–H and O–H groups in total. The molecule has 0 aromatic carbocycles. The van der Waals surface area contributed by atoms with Crippen molar-refractivity contribution in [2.24, 2.45) is 10.9 Å². The molecule has 0 aliphatic carbocycles. The van der Waals surface area contributed by atoms with Crippen molar-refractivity contribution >= 4 is 36.0 Å². The molecule has 1 amide bonds. The van der Waals surface area contributed by atoms with E-state index in [0.29, 0.717) is 19.7 Å². The van der Waals surface area contributed by atoms with Crippen LogP contribution in [0.15, 0.2) is 4.99 Å². The van der Waals surface area contributed by atoms with E-state index >= 15 is 0 Å². The average Bonchev–Trinajstić information content (AvgIpc) is 3.11. The summed E-state index contributed by atoms with van der Waals surface area (Å²) in [5, 5.41) is 6.58. The number of carbonyl (C=O) groups excluding carboxylic acids is 1. The van der Waals surface area contributed by atoms with Gasteiger partial charge >= 0.3 is 6.09 Å². The molecule has 1 rings (SSSR count). The van der Waals surface area contributed by atoms with Gasteiger partial charge in [0.2, 0.25) is 0 Å². The number of carbonyl (C=O) groups is 1. The van der Waals surface area contributed by atoms with E-state index in [2.05, 4.69) is 22.5 Å². The minimum Gasteiger partial charge on any atom is -0.444 e. The Balaban J connectivity index is 0.00000784. The van der Waals surface area contributed by atoms with E-state index in [1.165, 1.54) is 0 Å². The molecule has 1 heterocycles. The van der Waals surface area contributed by atoms with Gasteiger partial charge in [0.25, 0.3) is 0 Å². The highest BCUT2D eigenvalue weighted by Gasteiger charge is 2.20. The largest absolute Gasteiger partial charge is 0.444 e. The van der Waals surface area contributed by atoms with Crippen LogP contribution in [0.4, 0.5) is 4.79 Å². The number of hydrogen-bond donors (Lipinski definition) is 2. The van der Waals surface area contributed by atoms with Crippen LogP contribution in [0.2, 0.25) is 0 Å². The van der Waals surface area contributed by atoms with Crippen LogP contribution < -0.4 is 10.6 Å². The highest BCUT2D eigenvalue weighted by molar-refractivity contribution is 14.0. The van der Waals surface area contributed by atoms with Crippen LogP contribution in [0, 0.1) is 5.92 Å². The second-order valence-corrected chi connectivity index (χ2v) is 8.32. The monoisotopic (exact) mass is 528 g/mol. The zero-order valence-electron chi connectivity index (χ0n) is 19.0. The minimum atomic E-state index is -0.483. The molecule has 0 aromatic heterocycles. The van der Waals surface area contributed by atoms with E-state index in [1.54, 1.807) is 11.9 Å². The summed E-state index contributed by atoms with van der Waals surface area (Å²) in [6, 6.07) is 0. The number of ether oxygens (including phenoxy) is 3. The molecule has 9 heteroatoms. The quantitative estimate of drug-likeness (QED) is 0.196. The smallest absolute Gasteiger partial charge is 0.410 e. The van der Waals surface area contributed by atoms with Crippen molar-refractivity contribution < 1.29 is 19.0 Å². The summed E-state index contributed by atoms with van der Waals surface area (Å²) in [6.07, 6.45) is 1.86. The Labute approximate surface area is 193 Å². The van der Waals surface area contributed by atoms with Crippen LogP contribution in [-0.2, 0) is 14.2 Å². The van der Waals surface area contributed by atoms with Crippen molar-refractivity contribution in [3.05, 3.63) is 0 Å². The molecule has 1 fully saturated rings. The topological polar surface area (TPSA) is 84.4 Å². The van der Waals surface area contributed by atoms with Crippen LogP contribution in [0.5, 0.6) is 0 Å². The maximum absolute atomic E-state index is 12.1. The molecule has 2 unspecified atom stereocenters. The van der Waals surface area contributed by atoms with Crippen molar-refractivity contribution in [2.75, 3.05) is 53.0 Å². The fourth-order valence-electron chi connectivity index (χ4n) is 2.70. The first-order valence-electron chi connectivity index (χ1n) is 10.4. The number of guanidine groups is 1. The summed E-state index contributed by atoms with van der Waals surface area (Å²) in [7, 11) is 1.76. The highest BCUT2D eigenvalue weighted by Crippen LogP contribution is 2.10. The summed E-state index contributed by atoms with van der Waals surface area (Å²) in [4.78, 5) is 18.3. The normalized spacial score (nSPS) is 18.0. The molecule has 0 spiro atoms. The van der Waals surface area contributed by atoms with E-state index in [9.17, 15) is 4.79 Å². The summed E-state index contributed by atoms with van der Waals surface area (Å²) >= 11 is 0. The lowest BCUT2D eigenvalue weighted by molar-refractivity contribution is 0.0279. The third kappa shape index (κ3) is 13.9. The number of halogens is 1. The highest BCUT2D eigenvalue weighted by atomic mass is 127. The molecular weight excluding hydrogens is 487 g/mol. The van der Waals surface area contributed by atoms with E-state index in [4.69, 9.17) is 14.2 Å². The first-order valence-corrected chi connectivity index (χ1v) is 10.4. The first kappa shape index (κ1) is 28.2. The van der Waals surface area contributed by atoms with Gasteiger partial charge in [-0.1, -0.05) is 6.92 Å². The molecule has 29 heavy (non-hydrogen) atoms. The molecule has 8 nitrogen and oxygen atoms in total. The van der Waals surface area contributed by atoms with Gasteiger partial charge in [-0.3, -0.25) is 4.99 Å². The van der Waals surface area contributed by atoms with Gasteiger partial charge in [-0.15, -0.1) is 24.0 Å². The Bertz CT molecular complexity index is 480. The van der Waals surface area contributed by atoms with Gasteiger partial charge in [0.05, 0.1) is 12.7 Å². The van der Waals surface area contributed by atoms with E-state index < -0.39 is 5.60 Å². The Morgan fingerprint density at radius 2 is 2.07 bits per heavy atom. The third-order valence-electron chi connectivity index (χ3n) is 4.05. The second-order valence-electron chi connectivity index (χ2n) is 8.32. The molecule has 0 bridgehead atoms. The maximum Gasteiger partial charge on any atom is 0.410 e. The average molecular weight is 528 g/mol. The van der Waals surface area contributed by atoms with Gasteiger partial charge in [0.1, 0.15) is 5.60 Å². The lowest BCUT2D eigenvalue weighted by Crippen LogP contribution is -2.39. The van der Waals surface area contributed by atoms with E-state index in [0.717, 1.165) is 45.1 Å². The Hall–Kier alpha value is -0.810. The second kappa shape index (κ2) is 15.1. The molecule has 1 aliphatic rings. The van der Waals surface area contributed by atoms with Crippen LogP contribution in [0.1, 0.15) is 47.5 Å². The van der Waals surface area contributed by atoms with Crippen molar-refractivity contribution in [2.45, 2.75) is 59.2 Å². The minimum absolute atomic E-state index is 0. The van der Waals surface area contributed by atoms with Gasteiger partial charge in [-0.05, 0) is 46.5 Å². The molecular formula is C20H41IN4O4. The molecule has 2 atom stereocenters. The van der Waals surface area contributed by atoms with Gasteiger partial charge in [0.15, 0.2) is 5.96 Å². The molecule has 172 valence electrons. The summed E-state index contributed by atoms with van der Waals surface area (Å²) in [5.74, 6) is 1.01. The first-order chi connectivity index (χ1) is 13.2. The number of amides is 1. The lowest BCUT2D eigenvalue weighted by Gasteiger charge is -2.26. The molecule has 0 saturated carbocycles. The summed E-state index contributed by atoms with van der Waals surface area (Å²) in [6.45, 7) is 14.8. The van der Waals surface area contributed by atoms with Crippen LogP contribution >= 0.6 is 24.0 Å². The SMILES string of the molecule is CCNC(=NCC(C)CN(C)C(=O)OC(C)(C)C)NCCCOC1CCOC1.I. The number of aliphatic imine (C=N–C) groups is 1. The van der Waals surface area contributed by atoms with Gasteiger partial charge in [-0.25, -0.2) is 4.79 Å². The Morgan fingerprint density at radius 1 is 1.34 bits per heavy atom. The predicted octanol–water partition coefficient (Wildman–Crippen LogP) is 2.86. The van der Waals surface area contributed by atoms with Crippen LogP contribution in [-0.4, -0.2) is 81.7 Å². The fraction of sp³-hybridized carbons (Fsp3) is 0.900. The predicted molar refractivity (Wildman–Crippen MR) is 127 cm³/mol. The zero-order chi connectivity index (χ0) is 21.0. The number of nitrogens with one attached hydrogen (secondary N) is 2. The van der Waals surface area contributed by atoms with Crippen LogP contribution in [0.25, 0.3) is 0 Å². The van der Waals surface area contributed by atoms with Crippen molar-refractivity contribution in [1.29, 1.82) is 0 Å². The lowest BCUT2D eigenvalue weighted by atomic mass is 10.2. The van der Waals surface area contributed by atoms with Crippen molar-refractivity contribution in [1.82, 2.24) is 15.5 Å².